The van der Waals surface area contributed by atoms with E-state index < -0.39 is 0 Å². The molecule has 37 heavy (non-hydrogen) atoms. The van der Waals surface area contributed by atoms with Crippen LogP contribution < -0.4 is 15.5 Å². The third-order valence-corrected chi connectivity index (χ3v) is 8.26. The summed E-state index contributed by atoms with van der Waals surface area (Å²) in [6.07, 6.45) is 4.67. The topological polar surface area (TPSA) is 73.4 Å². The fourth-order valence-corrected chi connectivity index (χ4v) is 5.52. The van der Waals surface area contributed by atoms with Crippen LogP contribution in [0.25, 0.3) is 10.9 Å². The monoisotopic (exact) mass is 506 g/mol. The van der Waals surface area contributed by atoms with Crippen molar-refractivity contribution < 1.29 is 9.18 Å². The molecule has 1 fully saturated rings. The molecule has 2 heterocycles. The van der Waals surface area contributed by atoms with Crippen molar-refractivity contribution in [1.82, 2.24) is 14.9 Å². The van der Waals surface area contributed by atoms with Gasteiger partial charge < -0.3 is 20.4 Å². The molecule has 2 aromatic carbocycles. The minimum atomic E-state index is -0.382. The van der Waals surface area contributed by atoms with E-state index in [0.717, 1.165) is 54.5 Å². The van der Waals surface area contributed by atoms with Gasteiger partial charge in [-0.1, -0.05) is 26.3 Å². The van der Waals surface area contributed by atoms with E-state index in [1.807, 2.05) is 24.0 Å². The molecule has 4 rings (SSSR count). The SMILES string of the molecule is CCC(C)C1(CN(C(C)=O)c2cc3c(Nc4cccc(NC)c4F)ncnc3cc2C)CCN(C)CC1. The second kappa shape index (κ2) is 11.0. The number of benzene rings is 2. The number of amides is 1. The number of carbonyl (C=O) groups is 1. The van der Waals surface area contributed by atoms with Crippen molar-refractivity contribution in [3.63, 3.8) is 0 Å². The zero-order valence-corrected chi connectivity index (χ0v) is 22.9. The average Bonchev–Trinajstić information content (AvgIpc) is 2.89. The maximum Gasteiger partial charge on any atom is 0.223 e. The predicted octanol–water partition coefficient (Wildman–Crippen LogP) is 5.97. The van der Waals surface area contributed by atoms with Crippen molar-refractivity contribution >= 4 is 39.7 Å². The number of rotatable bonds is 8. The molecule has 1 unspecified atom stereocenters. The highest BCUT2D eigenvalue weighted by atomic mass is 19.1. The maximum absolute atomic E-state index is 15.0. The highest BCUT2D eigenvalue weighted by Gasteiger charge is 2.40. The lowest BCUT2D eigenvalue weighted by atomic mass is 9.68. The molecule has 0 radical (unpaired) electrons. The van der Waals surface area contributed by atoms with Gasteiger partial charge in [-0.05, 0) is 81.1 Å². The van der Waals surface area contributed by atoms with E-state index in [4.69, 9.17) is 0 Å². The van der Waals surface area contributed by atoms with E-state index in [1.54, 1.807) is 32.2 Å². The van der Waals surface area contributed by atoms with Crippen LogP contribution in [0, 0.1) is 24.1 Å². The van der Waals surface area contributed by atoms with Gasteiger partial charge in [-0.15, -0.1) is 0 Å². The van der Waals surface area contributed by atoms with Gasteiger partial charge in [-0.25, -0.2) is 14.4 Å². The lowest BCUT2D eigenvalue weighted by molar-refractivity contribution is -0.117. The minimum Gasteiger partial charge on any atom is -0.386 e. The first-order valence-electron chi connectivity index (χ1n) is 13.1. The van der Waals surface area contributed by atoms with Gasteiger partial charge in [0.05, 0.1) is 16.9 Å². The molecular formula is C29H39FN6O. The van der Waals surface area contributed by atoms with Crippen molar-refractivity contribution in [2.75, 3.05) is 49.3 Å². The van der Waals surface area contributed by atoms with Crippen LogP contribution in [0.1, 0.15) is 45.6 Å². The third kappa shape index (κ3) is 5.39. The number of piperidine rings is 1. The fraction of sp³-hybridized carbons (Fsp3) is 0.483. The van der Waals surface area contributed by atoms with E-state index in [0.29, 0.717) is 29.7 Å². The number of halogens is 1. The molecule has 1 aromatic heterocycles. The number of nitrogens with zero attached hydrogens (tertiary/aromatic N) is 4. The zero-order chi connectivity index (χ0) is 26.7. The Hall–Kier alpha value is -3.26. The normalized spacial score (nSPS) is 16.4. The molecule has 1 atom stereocenters. The van der Waals surface area contributed by atoms with Gasteiger partial charge >= 0.3 is 0 Å². The summed E-state index contributed by atoms with van der Waals surface area (Å²) in [5.41, 5.74) is 3.34. The summed E-state index contributed by atoms with van der Waals surface area (Å²) in [6.45, 7) is 11.0. The Kier molecular flexibility index (Phi) is 7.97. The second-order valence-corrected chi connectivity index (χ2v) is 10.5. The van der Waals surface area contributed by atoms with Crippen LogP contribution in [0.5, 0.6) is 0 Å². The molecule has 1 aliphatic rings. The van der Waals surface area contributed by atoms with Crippen LogP contribution in [0.4, 0.5) is 27.3 Å². The lowest BCUT2D eigenvalue weighted by Crippen LogP contribution is -2.50. The molecule has 1 saturated heterocycles. The molecule has 8 heteroatoms. The molecular weight excluding hydrogens is 467 g/mol. The van der Waals surface area contributed by atoms with Crippen molar-refractivity contribution in [3.8, 4) is 0 Å². The van der Waals surface area contributed by atoms with Gasteiger partial charge in [0.25, 0.3) is 0 Å². The van der Waals surface area contributed by atoms with Crippen LogP contribution in [-0.2, 0) is 4.79 Å². The molecule has 7 nitrogen and oxygen atoms in total. The Morgan fingerprint density at radius 3 is 2.57 bits per heavy atom. The molecule has 1 amide bonds. The number of carbonyl (C=O) groups excluding carboxylic acids is 1. The number of fused-ring (bicyclic) bond motifs is 1. The molecule has 1 aliphatic heterocycles. The summed E-state index contributed by atoms with van der Waals surface area (Å²) < 4.78 is 15.0. The number of aromatic nitrogens is 2. The number of anilines is 4. The first-order chi connectivity index (χ1) is 17.7. The summed E-state index contributed by atoms with van der Waals surface area (Å²) in [5.74, 6) is 0.625. The summed E-state index contributed by atoms with van der Waals surface area (Å²) in [7, 11) is 3.85. The van der Waals surface area contributed by atoms with Crippen molar-refractivity contribution in [2.24, 2.45) is 11.3 Å². The van der Waals surface area contributed by atoms with E-state index in [9.17, 15) is 9.18 Å². The lowest BCUT2D eigenvalue weighted by Gasteiger charge is -2.47. The van der Waals surface area contributed by atoms with E-state index in [-0.39, 0.29) is 17.1 Å². The largest absolute Gasteiger partial charge is 0.386 e. The summed E-state index contributed by atoms with van der Waals surface area (Å²) in [4.78, 5) is 26.3. The summed E-state index contributed by atoms with van der Waals surface area (Å²) >= 11 is 0. The van der Waals surface area contributed by atoms with Gasteiger partial charge in [0.1, 0.15) is 12.1 Å². The number of hydrogen-bond acceptors (Lipinski definition) is 6. The third-order valence-electron chi connectivity index (χ3n) is 8.26. The van der Waals surface area contributed by atoms with Crippen LogP contribution in [0.15, 0.2) is 36.7 Å². The summed E-state index contributed by atoms with van der Waals surface area (Å²) in [5, 5.41) is 6.76. The number of likely N-dealkylation sites (tertiary alicyclic amines) is 1. The standard InChI is InChI=1S/C29H39FN6O/c1-7-20(3)29(11-13-35(6)14-12-29)17-36(21(4)37)26-16-22-25(15-19(26)2)32-18-33-28(22)34-24-10-8-9-23(31-5)27(24)30/h8-10,15-16,18,20,31H,7,11-14,17H2,1-6H3,(H,32,33,34). The van der Waals surface area contributed by atoms with Crippen molar-refractivity contribution in [3.05, 3.63) is 48.0 Å². The molecule has 0 spiro atoms. The van der Waals surface area contributed by atoms with Gasteiger partial charge in [0.2, 0.25) is 5.91 Å². The fourth-order valence-electron chi connectivity index (χ4n) is 5.52. The predicted molar refractivity (Wildman–Crippen MR) is 150 cm³/mol. The summed E-state index contributed by atoms with van der Waals surface area (Å²) in [6, 6.07) is 9.10. The Labute approximate surface area is 219 Å². The Balaban J connectivity index is 1.77. The Bertz CT molecular complexity index is 1270. The number of aryl methyl sites for hydroxylation is 1. The minimum absolute atomic E-state index is 0.0168. The van der Waals surface area contributed by atoms with E-state index in [2.05, 4.69) is 46.4 Å². The maximum atomic E-state index is 15.0. The first-order valence-corrected chi connectivity index (χ1v) is 13.1. The van der Waals surface area contributed by atoms with E-state index in [1.165, 1.54) is 6.33 Å². The van der Waals surface area contributed by atoms with Gasteiger partial charge in [0, 0.05) is 31.6 Å². The molecule has 3 aromatic rings. The molecule has 0 aliphatic carbocycles. The highest BCUT2D eigenvalue weighted by Crippen LogP contribution is 2.43. The molecule has 0 saturated carbocycles. The quantitative estimate of drug-likeness (QED) is 0.392. The van der Waals surface area contributed by atoms with Crippen molar-refractivity contribution in [1.29, 1.82) is 0 Å². The highest BCUT2D eigenvalue weighted by molar-refractivity contribution is 5.99. The van der Waals surface area contributed by atoms with E-state index >= 15 is 0 Å². The van der Waals surface area contributed by atoms with Gasteiger partial charge in [-0.2, -0.15) is 0 Å². The molecule has 2 N–H and O–H groups in total. The second-order valence-electron chi connectivity index (χ2n) is 10.5. The van der Waals surface area contributed by atoms with Crippen LogP contribution in [-0.4, -0.2) is 54.5 Å². The van der Waals surface area contributed by atoms with Crippen LogP contribution >= 0.6 is 0 Å². The van der Waals surface area contributed by atoms with Gasteiger partial charge in [0.15, 0.2) is 5.82 Å². The Morgan fingerprint density at radius 1 is 1.22 bits per heavy atom. The van der Waals surface area contributed by atoms with Crippen LogP contribution in [0.3, 0.4) is 0 Å². The molecule has 198 valence electrons. The van der Waals surface area contributed by atoms with Crippen molar-refractivity contribution in [2.45, 2.75) is 47.0 Å². The average molecular weight is 507 g/mol. The zero-order valence-electron chi connectivity index (χ0n) is 22.9. The van der Waals surface area contributed by atoms with Crippen LogP contribution in [0.2, 0.25) is 0 Å². The molecule has 0 bridgehead atoms. The first kappa shape index (κ1) is 26.8. The Morgan fingerprint density at radius 2 is 1.92 bits per heavy atom. The number of hydrogen-bond donors (Lipinski definition) is 2. The smallest absolute Gasteiger partial charge is 0.223 e. The van der Waals surface area contributed by atoms with Gasteiger partial charge in [-0.3, -0.25) is 4.79 Å². The number of nitrogens with one attached hydrogen (secondary N) is 2.